The number of amides is 1. The van der Waals surface area contributed by atoms with Crippen LogP contribution in [0.15, 0.2) is 48.5 Å². The van der Waals surface area contributed by atoms with Crippen LogP contribution >= 0.6 is 35.8 Å². The van der Waals surface area contributed by atoms with Crippen LogP contribution in [-0.4, -0.2) is 30.0 Å². The first-order chi connectivity index (χ1) is 12.6. The van der Waals surface area contributed by atoms with Crippen molar-refractivity contribution in [2.45, 2.75) is 25.4 Å². The molecule has 0 radical (unpaired) electrons. The Labute approximate surface area is 176 Å². The van der Waals surface area contributed by atoms with Gasteiger partial charge in [-0.2, -0.15) is 11.8 Å². The highest BCUT2D eigenvalue weighted by molar-refractivity contribution is 7.99. The first-order valence-electron chi connectivity index (χ1n) is 8.84. The highest BCUT2D eigenvalue weighted by Gasteiger charge is 2.17. The number of thioether (sulfide) groups is 1. The van der Waals surface area contributed by atoms with Crippen molar-refractivity contribution in [3.05, 3.63) is 59.1 Å². The molecule has 1 aliphatic rings. The van der Waals surface area contributed by atoms with E-state index in [1.54, 1.807) is 6.07 Å². The van der Waals surface area contributed by atoms with Crippen LogP contribution in [0, 0.1) is 0 Å². The lowest BCUT2D eigenvalue weighted by molar-refractivity contribution is -0.116. The normalized spacial score (nSPS) is 17.5. The van der Waals surface area contributed by atoms with Gasteiger partial charge in [-0.15, -0.1) is 12.4 Å². The van der Waals surface area contributed by atoms with Crippen molar-refractivity contribution in [3.8, 4) is 0 Å². The molecule has 1 saturated heterocycles. The number of carbonyl (C=O) groups is 1. The number of anilines is 2. The Balaban J connectivity index is 0.00000261. The van der Waals surface area contributed by atoms with E-state index in [1.807, 2.05) is 42.1 Å². The fourth-order valence-electron chi connectivity index (χ4n) is 2.95. The maximum absolute atomic E-state index is 12.2. The Kier molecular flexibility index (Phi) is 8.77. The summed E-state index contributed by atoms with van der Waals surface area (Å²) < 4.78 is 0. The predicted molar refractivity (Wildman–Crippen MR) is 120 cm³/mol. The van der Waals surface area contributed by atoms with Gasteiger partial charge in [0.1, 0.15) is 0 Å². The summed E-state index contributed by atoms with van der Waals surface area (Å²) in [5.74, 6) is 2.11. The van der Waals surface area contributed by atoms with Crippen molar-refractivity contribution in [2.75, 3.05) is 28.7 Å². The summed E-state index contributed by atoms with van der Waals surface area (Å²) in [5.41, 5.74) is 2.77. The number of benzene rings is 2. The fraction of sp³-hybridized carbons (Fsp3) is 0.350. The summed E-state index contributed by atoms with van der Waals surface area (Å²) in [6.45, 7) is 3.06. The second kappa shape index (κ2) is 10.8. The maximum Gasteiger partial charge on any atom is 0.225 e. The third kappa shape index (κ3) is 6.61. The van der Waals surface area contributed by atoms with E-state index < -0.39 is 0 Å². The molecular formula is C20H25Cl2N3OS. The minimum atomic E-state index is 0. The summed E-state index contributed by atoms with van der Waals surface area (Å²) in [7, 11) is 0. The molecule has 0 spiro atoms. The van der Waals surface area contributed by atoms with E-state index in [4.69, 9.17) is 11.6 Å². The minimum absolute atomic E-state index is 0. The summed E-state index contributed by atoms with van der Waals surface area (Å²) in [5, 5.41) is 10.3. The third-order valence-corrected chi connectivity index (χ3v) is 5.80. The monoisotopic (exact) mass is 425 g/mol. The van der Waals surface area contributed by atoms with E-state index in [2.05, 4.69) is 35.0 Å². The Morgan fingerprint density at radius 3 is 2.74 bits per heavy atom. The van der Waals surface area contributed by atoms with Crippen molar-refractivity contribution in [1.29, 1.82) is 0 Å². The molecule has 1 fully saturated rings. The molecule has 1 aliphatic heterocycles. The van der Waals surface area contributed by atoms with Crippen LogP contribution < -0.4 is 16.0 Å². The van der Waals surface area contributed by atoms with Gasteiger partial charge < -0.3 is 16.0 Å². The molecule has 1 amide bonds. The van der Waals surface area contributed by atoms with E-state index in [-0.39, 0.29) is 30.4 Å². The topological polar surface area (TPSA) is 53.2 Å². The number of halogens is 2. The smallest absolute Gasteiger partial charge is 0.225 e. The van der Waals surface area contributed by atoms with Gasteiger partial charge in [0.15, 0.2) is 0 Å². The van der Waals surface area contributed by atoms with Gasteiger partial charge in [-0.1, -0.05) is 41.9 Å². The highest BCUT2D eigenvalue weighted by Crippen LogP contribution is 2.29. The predicted octanol–water partition coefficient (Wildman–Crippen LogP) is 4.97. The average Bonchev–Trinajstić information content (AvgIpc) is 2.65. The largest absolute Gasteiger partial charge is 0.377 e. The molecule has 2 aromatic carbocycles. The number of hydrogen-bond donors (Lipinski definition) is 3. The summed E-state index contributed by atoms with van der Waals surface area (Å²) in [6.07, 6.45) is 0.482. The van der Waals surface area contributed by atoms with Gasteiger partial charge in [0.2, 0.25) is 5.91 Å². The van der Waals surface area contributed by atoms with Crippen molar-refractivity contribution >= 4 is 53.1 Å². The number of carbonyl (C=O) groups excluding carboxylic acids is 1. The quantitative estimate of drug-likeness (QED) is 0.611. The summed E-state index contributed by atoms with van der Waals surface area (Å²) in [4.78, 5) is 12.2. The second-order valence-corrected chi connectivity index (χ2v) is 8.01. The van der Waals surface area contributed by atoms with Crippen LogP contribution in [0.3, 0.4) is 0 Å². The zero-order valence-corrected chi connectivity index (χ0v) is 17.6. The van der Waals surface area contributed by atoms with Gasteiger partial charge in [-0.05, 0) is 30.7 Å². The molecule has 27 heavy (non-hydrogen) atoms. The van der Waals surface area contributed by atoms with Crippen LogP contribution in [0.5, 0.6) is 0 Å². The fourth-order valence-corrected chi connectivity index (χ4v) is 4.14. The molecule has 2 aromatic rings. The van der Waals surface area contributed by atoms with E-state index in [1.165, 1.54) is 5.56 Å². The number of nitrogens with one attached hydrogen (secondary N) is 3. The lowest BCUT2D eigenvalue weighted by Gasteiger charge is -2.22. The first-order valence-corrected chi connectivity index (χ1v) is 10.4. The summed E-state index contributed by atoms with van der Waals surface area (Å²) in [6, 6.07) is 16.2. The minimum Gasteiger partial charge on any atom is -0.377 e. The Morgan fingerprint density at radius 1 is 1.30 bits per heavy atom. The number of rotatable bonds is 6. The standard InChI is InChI=1S/C20H24ClN3OS.ClH/c1-14(15-5-3-2-4-6-15)23-19-8-7-16(11-18(19)21)24-20(25)12-17-13-26-10-9-22-17;/h2-8,11,14,17,22-23H,9-10,12-13H2,1H3,(H,24,25);1H. The van der Waals surface area contributed by atoms with Crippen molar-refractivity contribution in [3.63, 3.8) is 0 Å². The van der Waals surface area contributed by atoms with E-state index >= 15 is 0 Å². The van der Waals surface area contributed by atoms with Crippen LogP contribution in [0.1, 0.15) is 24.9 Å². The average molecular weight is 426 g/mol. The molecule has 2 unspecified atom stereocenters. The molecule has 146 valence electrons. The van der Waals surface area contributed by atoms with Crippen LogP contribution in [-0.2, 0) is 4.79 Å². The molecule has 0 aliphatic carbocycles. The summed E-state index contributed by atoms with van der Waals surface area (Å²) >= 11 is 8.29. The molecule has 0 bridgehead atoms. The van der Waals surface area contributed by atoms with E-state index in [9.17, 15) is 4.79 Å². The molecule has 0 aromatic heterocycles. The second-order valence-electron chi connectivity index (χ2n) is 6.45. The van der Waals surface area contributed by atoms with Gasteiger partial charge in [0, 0.05) is 42.2 Å². The maximum atomic E-state index is 12.2. The lowest BCUT2D eigenvalue weighted by Crippen LogP contribution is -2.39. The van der Waals surface area contributed by atoms with Gasteiger partial charge in [0.25, 0.3) is 0 Å². The molecule has 2 atom stereocenters. The SMILES string of the molecule is CC(Nc1ccc(NC(=O)CC2CSCCN2)cc1Cl)c1ccccc1.Cl. The van der Waals surface area contributed by atoms with E-state index in [0.717, 1.165) is 29.4 Å². The molecule has 3 N–H and O–H groups in total. The Bertz CT molecular complexity index is 739. The first kappa shape index (κ1) is 21.9. The molecule has 1 heterocycles. The zero-order chi connectivity index (χ0) is 18.4. The third-order valence-electron chi connectivity index (χ3n) is 4.35. The Morgan fingerprint density at radius 2 is 2.07 bits per heavy atom. The van der Waals surface area contributed by atoms with Gasteiger partial charge in [-0.3, -0.25) is 4.79 Å². The Hall–Kier alpha value is -1.40. The van der Waals surface area contributed by atoms with Gasteiger partial charge in [0.05, 0.1) is 10.7 Å². The van der Waals surface area contributed by atoms with Crippen molar-refractivity contribution in [1.82, 2.24) is 5.32 Å². The molecular weight excluding hydrogens is 401 g/mol. The van der Waals surface area contributed by atoms with Crippen LogP contribution in [0.25, 0.3) is 0 Å². The molecule has 4 nitrogen and oxygen atoms in total. The number of hydrogen-bond acceptors (Lipinski definition) is 4. The zero-order valence-electron chi connectivity index (χ0n) is 15.2. The van der Waals surface area contributed by atoms with Crippen LogP contribution in [0.2, 0.25) is 5.02 Å². The molecule has 7 heteroatoms. The van der Waals surface area contributed by atoms with Crippen molar-refractivity contribution < 1.29 is 4.79 Å². The van der Waals surface area contributed by atoms with Crippen LogP contribution in [0.4, 0.5) is 11.4 Å². The van der Waals surface area contributed by atoms with Gasteiger partial charge >= 0.3 is 0 Å². The molecule has 0 saturated carbocycles. The molecule has 3 rings (SSSR count). The lowest BCUT2D eigenvalue weighted by atomic mass is 10.1. The van der Waals surface area contributed by atoms with Gasteiger partial charge in [-0.25, -0.2) is 0 Å². The van der Waals surface area contributed by atoms with Crippen molar-refractivity contribution in [2.24, 2.45) is 0 Å². The highest BCUT2D eigenvalue weighted by atomic mass is 35.5. The van der Waals surface area contributed by atoms with E-state index in [0.29, 0.717) is 11.4 Å².